The van der Waals surface area contributed by atoms with Crippen LogP contribution in [0.25, 0.3) is 5.65 Å². The van der Waals surface area contributed by atoms with Gasteiger partial charge in [-0.05, 0) is 12.3 Å². The van der Waals surface area contributed by atoms with Crippen LogP contribution in [0.1, 0.15) is 29.9 Å². The number of hydrogen-bond acceptors (Lipinski definition) is 4. The third-order valence-electron chi connectivity index (χ3n) is 2.63. The summed E-state index contributed by atoms with van der Waals surface area (Å²) in [6.07, 6.45) is 2.13. The van der Waals surface area contributed by atoms with Crippen molar-refractivity contribution in [2.45, 2.75) is 20.3 Å². The highest BCUT2D eigenvalue weighted by Crippen LogP contribution is 2.17. The van der Waals surface area contributed by atoms with Crippen molar-refractivity contribution in [1.29, 1.82) is 0 Å². The topological polar surface area (TPSA) is 79.5 Å². The summed E-state index contributed by atoms with van der Waals surface area (Å²) in [6.45, 7) is 4.19. The van der Waals surface area contributed by atoms with Gasteiger partial charge in [-0.3, -0.25) is 0 Å². The molecule has 0 saturated heterocycles. The fourth-order valence-electron chi connectivity index (χ4n) is 1.86. The van der Waals surface area contributed by atoms with E-state index in [1.165, 1.54) is 10.7 Å². The minimum absolute atomic E-state index is 0.122. The lowest BCUT2D eigenvalue weighted by Gasteiger charge is -2.09. The van der Waals surface area contributed by atoms with Gasteiger partial charge in [-0.15, -0.1) is 0 Å². The number of aromatic nitrogens is 3. The first kappa shape index (κ1) is 12.3. The van der Waals surface area contributed by atoms with Crippen molar-refractivity contribution in [3.63, 3.8) is 0 Å². The molecule has 6 heteroatoms. The molecule has 0 aliphatic carbocycles. The van der Waals surface area contributed by atoms with Crippen LogP contribution in [0.3, 0.4) is 0 Å². The minimum atomic E-state index is -1.01. The maximum atomic E-state index is 11.1. The lowest BCUT2D eigenvalue weighted by molar-refractivity contribution is 0.0699. The quantitative estimate of drug-likeness (QED) is 0.860. The van der Waals surface area contributed by atoms with E-state index in [1.807, 2.05) is 6.07 Å². The van der Waals surface area contributed by atoms with E-state index in [2.05, 4.69) is 29.2 Å². The molecule has 0 bridgehead atoms. The third-order valence-corrected chi connectivity index (χ3v) is 2.63. The van der Waals surface area contributed by atoms with Gasteiger partial charge < -0.3 is 10.4 Å². The third kappa shape index (κ3) is 2.13. The largest absolute Gasteiger partial charge is 0.477 e. The molecule has 0 fully saturated rings. The molecule has 0 unspecified atom stereocenters. The number of aromatic carboxylic acids is 1. The Balaban J connectivity index is 2.63. The molecule has 18 heavy (non-hydrogen) atoms. The molecular formula is C12H16N4O2. The number of carboxylic acids is 1. The Kier molecular flexibility index (Phi) is 3.18. The van der Waals surface area contributed by atoms with Crippen molar-refractivity contribution in [3.05, 3.63) is 23.5 Å². The summed E-state index contributed by atoms with van der Waals surface area (Å²) in [7, 11) is 1.77. The van der Waals surface area contributed by atoms with Crippen molar-refractivity contribution in [2.24, 2.45) is 5.92 Å². The standard InChI is InChI=1S/C12H16N4O2/c1-7(2)4-8-5-10(13-3)16-11(15-8)9(6-14-16)12(17)18/h5-7,13H,4H2,1-3H3,(H,17,18). The SMILES string of the molecule is CNc1cc(CC(C)C)nc2c(C(=O)O)cnn12. The van der Waals surface area contributed by atoms with Gasteiger partial charge in [0.2, 0.25) is 0 Å². The lowest BCUT2D eigenvalue weighted by atomic mass is 10.1. The molecule has 0 amide bonds. The molecule has 6 nitrogen and oxygen atoms in total. The number of carbonyl (C=O) groups is 1. The second-order valence-electron chi connectivity index (χ2n) is 4.58. The Bertz CT molecular complexity index is 589. The molecule has 0 radical (unpaired) electrons. The van der Waals surface area contributed by atoms with E-state index in [1.54, 1.807) is 7.05 Å². The number of carboxylic acid groups (broad SMARTS) is 1. The van der Waals surface area contributed by atoms with Crippen LogP contribution >= 0.6 is 0 Å². The number of fused-ring (bicyclic) bond motifs is 1. The molecule has 2 rings (SSSR count). The average molecular weight is 248 g/mol. The highest BCUT2D eigenvalue weighted by molar-refractivity contribution is 5.94. The smallest absolute Gasteiger partial charge is 0.341 e. The Hall–Kier alpha value is -2.11. The van der Waals surface area contributed by atoms with Crippen molar-refractivity contribution in [2.75, 3.05) is 12.4 Å². The molecule has 0 aliphatic heterocycles. The summed E-state index contributed by atoms with van der Waals surface area (Å²) in [4.78, 5) is 15.5. The second-order valence-corrected chi connectivity index (χ2v) is 4.58. The molecule has 0 atom stereocenters. The van der Waals surface area contributed by atoms with Gasteiger partial charge in [0.25, 0.3) is 0 Å². The van der Waals surface area contributed by atoms with Gasteiger partial charge in [-0.1, -0.05) is 13.8 Å². The zero-order chi connectivity index (χ0) is 13.3. The molecule has 0 aromatic carbocycles. The minimum Gasteiger partial charge on any atom is -0.477 e. The molecule has 96 valence electrons. The van der Waals surface area contributed by atoms with Crippen LogP contribution in [-0.2, 0) is 6.42 Å². The van der Waals surface area contributed by atoms with Crippen LogP contribution in [0.4, 0.5) is 5.82 Å². The molecule has 2 N–H and O–H groups in total. The molecule has 2 aromatic heterocycles. The summed E-state index contributed by atoms with van der Waals surface area (Å²) in [5, 5.41) is 16.1. The monoisotopic (exact) mass is 248 g/mol. The summed E-state index contributed by atoms with van der Waals surface area (Å²) in [5.41, 5.74) is 1.37. The van der Waals surface area contributed by atoms with Crippen molar-refractivity contribution in [3.8, 4) is 0 Å². The zero-order valence-electron chi connectivity index (χ0n) is 10.6. The number of rotatable bonds is 4. The van der Waals surface area contributed by atoms with Crippen LogP contribution in [0.5, 0.6) is 0 Å². The van der Waals surface area contributed by atoms with Gasteiger partial charge in [0, 0.05) is 18.8 Å². The van der Waals surface area contributed by atoms with E-state index in [4.69, 9.17) is 5.11 Å². The first-order chi connectivity index (χ1) is 8.52. The number of anilines is 1. The van der Waals surface area contributed by atoms with Gasteiger partial charge >= 0.3 is 5.97 Å². The Morgan fingerprint density at radius 2 is 2.28 bits per heavy atom. The van der Waals surface area contributed by atoms with Gasteiger partial charge in [0.1, 0.15) is 11.4 Å². The second kappa shape index (κ2) is 4.64. The van der Waals surface area contributed by atoms with E-state index in [0.29, 0.717) is 11.6 Å². The van der Waals surface area contributed by atoms with Crippen molar-refractivity contribution < 1.29 is 9.90 Å². The van der Waals surface area contributed by atoms with Gasteiger partial charge in [-0.25, -0.2) is 9.78 Å². The summed E-state index contributed by atoms with van der Waals surface area (Å²) >= 11 is 0. The highest BCUT2D eigenvalue weighted by atomic mass is 16.4. The van der Waals surface area contributed by atoms with Gasteiger partial charge in [-0.2, -0.15) is 9.61 Å². The number of nitrogens with one attached hydrogen (secondary N) is 1. The van der Waals surface area contributed by atoms with Crippen LogP contribution < -0.4 is 5.32 Å². The molecule has 2 aromatic rings. The lowest BCUT2D eigenvalue weighted by Crippen LogP contribution is -2.07. The Morgan fingerprint density at radius 1 is 1.56 bits per heavy atom. The van der Waals surface area contributed by atoms with Crippen LogP contribution in [0, 0.1) is 5.92 Å². The molecule has 0 saturated carbocycles. The van der Waals surface area contributed by atoms with Crippen LogP contribution in [0.15, 0.2) is 12.3 Å². The Labute approximate surface area is 105 Å². The van der Waals surface area contributed by atoms with Crippen molar-refractivity contribution >= 4 is 17.4 Å². The predicted octanol–water partition coefficient (Wildman–Crippen LogP) is 1.67. The fraction of sp³-hybridized carbons (Fsp3) is 0.417. The van der Waals surface area contributed by atoms with Crippen LogP contribution in [0.2, 0.25) is 0 Å². The predicted molar refractivity (Wildman–Crippen MR) is 68.0 cm³/mol. The summed E-state index contributed by atoms with van der Waals surface area (Å²) in [6, 6.07) is 1.89. The number of hydrogen-bond donors (Lipinski definition) is 2. The van der Waals surface area contributed by atoms with E-state index < -0.39 is 5.97 Å². The first-order valence-electron chi connectivity index (χ1n) is 5.81. The van der Waals surface area contributed by atoms with Crippen molar-refractivity contribution in [1.82, 2.24) is 14.6 Å². The molecular weight excluding hydrogens is 232 g/mol. The number of nitrogens with zero attached hydrogens (tertiary/aromatic N) is 3. The first-order valence-corrected chi connectivity index (χ1v) is 5.81. The summed E-state index contributed by atoms with van der Waals surface area (Å²) in [5.74, 6) is 0.185. The van der Waals surface area contributed by atoms with E-state index in [0.717, 1.165) is 17.9 Å². The van der Waals surface area contributed by atoms with E-state index >= 15 is 0 Å². The van der Waals surface area contributed by atoms with Gasteiger partial charge in [0.15, 0.2) is 5.65 Å². The normalized spacial score (nSPS) is 11.1. The molecule has 0 spiro atoms. The molecule has 0 aliphatic rings. The van der Waals surface area contributed by atoms with E-state index in [9.17, 15) is 4.79 Å². The maximum absolute atomic E-state index is 11.1. The zero-order valence-corrected chi connectivity index (χ0v) is 10.6. The van der Waals surface area contributed by atoms with E-state index in [-0.39, 0.29) is 5.56 Å². The van der Waals surface area contributed by atoms with Gasteiger partial charge in [0.05, 0.1) is 6.20 Å². The Morgan fingerprint density at radius 3 is 2.83 bits per heavy atom. The fourth-order valence-corrected chi connectivity index (χ4v) is 1.86. The maximum Gasteiger partial charge on any atom is 0.341 e. The van der Waals surface area contributed by atoms with Crippen LogP contribution in [-0.4, -0.2) is 32.7 Å². The summed E-state index contributed by atoms with van der Waals surface area (Å²) < 4.78 is 1.51. The highest BCUT2D eigenvalue weighted by Gasteiger charge is 2.16. The molecule has 2 heterocycles. The average Bonchev–Trinajstić information content (AvgIpc) is 2.70.